The fraction of sp³-hybridized carbons (Fsp3) is 0.706. The van der Waals surface area contributed by atoms with E-state index in [2.05, 4.69) is 25.5 Å². The van der Waals surface area contributed by atoms with Crippen LogP contribution >= 0.6 is 0 Å². The molecule has 1 aliphatic heterocycles. The molecule has 1 amide bonds. The Morgan fingerprint density at radius 2 is 1.88 bits per heavy atom. The number of morpholine rings is 1. The summed E-state index contributed by atoms with van der Waals surface area (Å²) in [4.78, 5) is 23.1. The Balaban J connectivity index is 1.41. The van der Waals surface area contributed by atoms with Gasteiger partial charge in [-0.1, -0.05) is 19.3 Å². The van der Waals surface area contributed by atoms with Crippen LogP contribution in [0.25, 0.3) is 0 Å². The van der Waals surface area contributed by atoms with Crippen molar-refractivity contribution >= 4 is 11.9 Å². The highest BCUT2D eigenvalue weighted by Crippen LogP contribution is 2.17. The Kier molecular flexibility index (Phi) is 6.37. The first-order valence-electron chi connectivity index (χ1n) is 8.98. The molecule has 0 bridgehead atoms. The summed E-state index contributed by atoms with van der Waals surface area (Å²) < 4.78 is 5.33. The van der Waals surface area contributed by atoms with E-state index in [1.807, 2.05) is 0 Å². The van der Waals surface area contributed by atoms with Crippen LogP contribution in [0.3, 0.4) is 0 Å². The third kappa shape index (κ3) is 5.14. The summed E-state index contributed by atoms with van der Waals surface area (Å²) in [7, 11) is 0. The summed E-state index contributed by atoms with van der Waals surface area (Å²) in [6.07, 6.45) is 9.03. The molecule has 7 nitrogen and oxygen atoms in total. The summed E-state index contributed by atoms with van der Waals surface area (Å²) >= 11 is 0. The van der Waals surface area contributed by atoms with E-state index < -0.39 is 0 Å². The molecule has 1 saturated carbocycles. The Bertz CT molecular complexity index is 510. The van der Waals surface area contributed by atoms with E-state index in [0.29, 0.717) is 17.6 Å². The zero-order valence-electron chi connectivity index (χ0n) is 14.2. The van der Waals surface area contributed by atoms with Crippen LogP contribution in [0, 0.1) is 0 Å². The smallest absolute Gasteiger partial charge is 0.254 e. The highest BCUT2D eigenvalue weighted by atomic mass is 16.5. The number of anilines is 1. The van der Waals surface area contributed by atoms with Gasteiger partial charge in [0.25, 0.3) is 5.91 Å². The zero-order chi connectivity index (χ0) is 16.6. The van der Waals surface area contributed by atoms with Crippen molar-refractivity contribution in [1.82, 2.24) is 20.2 Å². The van der Waals surface area contributed by atoms with Gasteiger partial charge in [-0.2, -0.15) is 0 Å². The van der Waals surface area contributed by atoms with Crippen LogP contribution in [0.5, 0.6) is 0 Å². The van der Waals surface area contributed by atoms with Gasteiger partial charge in [-0.05, 0) is 12.8 Å². The molecule has 1 aliphatic carbocycles. The van der Waals surface area contributed by atoms with Gasteiger partial charge in [0.1, 0.15) is 0 Å². The predicted octanol–water partition coefficient (Wildman–Crippen LogP) is 1.28. The van der Waals surface area contributed by atoms with Crippen molar-refractivity contribution in [3.63, 3.8) is 0 Å². The van der Waals surface area contributed by atoms with E-state index in [1.165, 1.54) is 19.3 Å². The maximum Gasteiger partial charge on any atom is 0.254 e. The van der Waals surface area contributed by atoms with E-state index in [9.17, 15) is 4.79 Å². The van der Waals surface area contributed by atoms with Gasteiger partial charge in [-0.3, -0.25) is 9.69 Å². The highest BCUT2D eigenvalue weighted by molar-refractivity contribution is 5.93. The normalized spacial score (nSPS) is 19.8. The number of ether oxygens (including phenoxy) is 1. The molecule has 0 atom stereocenters. The first-order valence-corrected chi connectivity index (χ1v) is 8.98. The molecule has 1 aromatic rings. The van der Waals surface area contributed by atoms with Crippen LogP contribution in [0.1, 0.15) is 42.5 Å². The van der Waals surface area contributed by atoms with Gasteiger partial charge in [0.05, 0.1) is 18.8 Å². The van der Waals surface area contributed by atoms with Crippen LogP contribution in [-0.4, -0.2) is 66.2 Å². The summed E-state index contributed by atoms with van der Waals surface area (Å²) in [6, 6.07) is 0.303. The maximum atomic E-state index is 12.2. The van der Waals surface area contributed by atoms with Gasteiger partial charge in [-0.25, -0.2) is 9.97 Å². The van der Waals surface area contributed by atoms with Crippen LogP contribution in [-0.2, 0) is 4.74 Å². The van der Waals surface area contributed by atoms with Crippen LogP contribution < -0.4 is 10.6 Å². The summed E-state index contributed by atoms with van der Waals surface area (Å²) in [5.41, 5.74) is 0.527. The number of nitrogens with zero attached hydrogens (tertiary/aromatic N) is 3. The fourth-order valence-corrected chi connectivity index (χ4v) is 3.20. The Labute approximate surface area is 143 Å². The van der Waals surface area contributed by atoms with Gasteiger partial charge < -0.3 is 15.4 Å². The average Bonchev–Trinajstić information content (AvgIpc) is 2.64. The highest BCUT2D eigenvalue weighted by Gasteiger charge is 2.17. The lowest BCUT2D eigenvalue weighted by Crippen LogP contribution is -2.39. The monoisotopic (exact) mass is 333 g/mol. The first-order chi connectivity index (χ1) is 11.8. The topological polar surface area (TPSA) is 79.4 Å². The molecule has 0 aromatic carbocycles. The molecular weight excluding hydrogens is 306 g/mol. The third-order valence-electron chi connectivity index (χ3n) is 4.67. The Morgan fingerprint density at radius 1 is 1.17 bits per heavy atom. The second kappa shape index (κ2) is 8.94. The number of nitrogens with one attached hydrogen (secondary N) is 2. The van der Waals surface area contributed by atoms with Crippen molar-refractivity contribution < 1.29 is 9.53 Å². The van der Waals surface area contributed by atoms with E-state index in [1.54, 1.807) is 12.4 Å². The van der Waals surface area contributed by atoms with Crippen LogP contribution in [0.4, 0.5) is 5.95 Å². The van der Waals surface area contributed by atoms with E-state index >= 15 is 0 Å². The molecule has 2 fully saturated rings. The minimum atomic E-state index is -0.0678. The molecule has 2 aliphatic rings. The van der Waals surface area contributed by atoms with Gasteiger partial charge in [0, 0.05) is 44.6 Å². The number of amides is 1. The van der Waals surface area contributed by atoms with Crippen LogP contribution in [0.2, 0.25) is 0 Å². The lowest BCUT2D eigenvalue weighted by atomic mass is 9.95. The minimum Gasteiger partial charge on any atom is -0.379 e. The van der Waals surface area contributed by atoms with Gasteiger partial charge in [0.15, 0.2) is 0 Å². The summed E-state index contributed by atoms with van der Waals surface area (Å²) in [6.45, 7) is 5.29. The molecule has 132 valence electrons. The molecule has 0 spiro atoms. The lowest BCUT2D eigenvalue weighted by Gasteiger charge is -2.26. The van der Waals surface area contributed by atoms with Crippen molar-refractivity contribution in [2.45, 2.75) is 38.1 Å². The number of carbonyl (C=O) groups excluding carboxylic acids is 1. The van der Waals surface area contributed by atoms with Crippen molar-refractivity contribution in [3.05, 3.63) is 18.0 Å². The van der Waals surface area contributed by atoms with Gasteiger partial charge in [-0.15, -0.1) is 0 Å². The van der Waals surface area contributed by atoms with Crippen LogP contribution in [0.15, 0.2) is 12.4 Å². The van der Waals surface area contributed by atoms with Crippen molar-refractivity contribution in [2.24, 2.45) is 0 Å². The molecule has 2 N–H and O–H groups in total. The Morgan fingerprint density at radius 3 is 2.58 bits per heavy atom. The van der Waals surface area contributed by atoms with Gasteiger partial charge in [0.2, 0.25) is 5.95 Å². The van der Waals surface area contributed by atoms with Gasteiger partial charge >= 0.3 is 0 Å². The standard InChI is InChI=1S/C17H27N5O2/c23-16(21-15-4-2-1-3-5-15)14-12-19-17(20-13-14)18-6-7-22-8-10-24-11-9-22/h12-13,15H,1-11H2,(H,21,23)(H,18,19,20). The number of carbonyl (C=O) groups is 1. The second-order valence-corrected chi connectivity index (χ2v) is 6.48. The third-order valence-corrected chi connectivity index (χ3v) is 4.67. The summed E-state index contributed by atoms with van der Waals surface area (Å²) in [5, 5.41) is 6.29. The average molecular weight is 333 g/mol. The molecule has 1 aromatic heterocycles. The predicted molar refractivity (Wildman–Crippen MR) is 92.1 cm³/mol. The first kappa shape index (κ1) is 17.1. The molecule has 3 rings (SSSR count). The summed E-state index contributed by atoms with van der Waals surface area (Å²) in [5.74, 6) is 0.499. The molecule has 7 heteroatoms. The number of rotatable bonds is 6. The molecule has 0 radical (unpaired) electrons. The molecule has 24 heavy (non-hydrogen) atoms. The zero-order valence-corrected chi connectivity index (χ0v) is 14.2. The largest absolute Gasteiger partial charge is 0.379 e. The number of hydrogen-bond acceptors (Lipinski definition) is 6. The van der Waals surface area contributed by atoms with Crippen molar-refractivity contribution in [3.8, 4) is 0 Å². The quantitative estimate of drug-likeness (QED) is 0.816. The van der Waals surface area contributed by atoms with E-state index in [0.717, 1.165) is 52.2 Å². The van der Waals surface area contributed by atoms with E-state index in [4.69, 9.17) is 4.74 Å². The Hall–Kier alpha value is -1.73. The maximum absolute atomic E-state index is 12.2. The molecule has 1 saturated heterocycles. The van der Waals surface area contributed by atoms with E-state index in [-0.39, 0.29) is 5.91 Å². The van der Waals surface area contributed by atoms with Crippen molar-refractivity contribution in [1.29, 1.82) is 0 Å². The molecule has 0 unspecified atom stereocenters. The number of hydrogen-bond donors (Lipinski definition) is 2. The van der Waals surface area contributed by atoms with Crippen molar-refractivity contribution in [2.75, 3.05) is 44.7 Å². The molecular formula is C17H27N5O2. The lowest BCUT2D eigenvalue weighted by molar-refractivity contribution is 0.0398. The second-order valence-electron chi connectivity index (χ2n) is 6.48. The SMILES string of the molecule is O=C(NC1CCCCC1)c1cnc(NCCN2CCOCC2)nc1. The molecule has 2 heterocycles. The number of aromatic nitrogens is 2. The fourth-order valence-electron chi connectivity index (χ4n) is 3.20. The minimum absolute atomic E-state index is 0.0678.